The van der Waals surface area contributed by atoms with Crippen molar-refractivity contribution >= 4 is 28.5 Å². The maximum atomic E-state index is 14.5. The summed E-state index contributed by atoms with van der Waals surface area (Å²) in [5.41, 5.74) is 3.77. The van der Waals surface area contributed by atoms with Crippen molar-refractivity contribution in [2.75, 3.05) is 18.4 Å². The van der Waals surface area contributed by atoms with Crippen LogP contribution in [0.4, 0.5) is 16.0 Å². The highest BCUT2D eigenvalue weighted by Crippen LogP contribution is 2.30. The van der Waals surface area contributed by atoms with E-state index >= 15 is 0 Å². The van der Waals surface area contributed by atoms with Gasteiger partial charge in [0.15, 0.2) is 0 Å². The van der Waals surface area contributed by atoms with E-state index in [9.17, 15) is 9.18 Å². The number of hydrogen-bond donors (Lipinski definition) is 1. The molecule has 1 fully saturated rings. The number of nitrogens with zero attached hydrogens (tertiary/aromatic N) is 4. The van der Waals surface area contributed by atoms with Crippen LogP contribution in [0.3, 0.4) is 0 Å². The van der Waals surface area contributed by atoms with Crippen LogP contribution in [0.1, 0.15) is 57.7 Å². The van der Waals surface area contributed by atoms with Crippen LogP contribution in [0.25, 0.3) is 11.0 Å². The summed E-state index contributed by atoms with van der Waals surface area (Å²) in [6, 6.07) is 14.9. The number of nitrogens with one attached hydrogen (secondary N) is 1. The maximum Gasteiger partial charge on any atom is 0.208 e. The standard InChI is InChI=1S/C32H38FN5O2/c1-20(2)23-6-8-27(33)28(16-23)35-32-36-29-19-25(7-9-30(29)37(32)5)40-26-10-13-34-24(17-26)18-31(39)22-11-14-38(15-12-22)21(3)4/h6-10,13,16-17,19-22H,11-12,14-15,18H2,1-5H3,(H,35,36). The van der Waals surface area contributed by atoms with Crippen LogP contribution in [0.2, 0.25) is 0 Å². The van der Waals surface area contributed by atoms with E-state index in [0.717, 1.165) is 42.5 Å². The number of imidazole rings is 1. The van der Waals surface area contributed by atoms with Gasteiger partial charge in [0.25, 0.3) is 0 Å². The Kier molecular flexibility index (Phi) is 8.17. The molecule has 0 saturated carbocycles. The average Bonchev–Trinajstić information content (AvgIpc) is 3.24. The number of benzene rings is 2. The monoisotopic (exact) mass is 543 g/mol. The number of aryl methyl sites for hydroxylation is 1. The lowest BCUT2D eigenvalue weighted by molar-refractivity contribution is -0.123. The molecule has 210 valence electrons. The van der Waals surface area contributed by atoms with Gasteiger partial charge in [-0.3, -0.25) is 9.78 Å². The number of fused-ring (bicyclic) bond motifs is 1. The van der Waals surface area contributed by atoms with Crippen molar-refractivity contribution in [2.24, 2.45) is 13.0 Å². The Morgan fingerprint density at radius 1 is 1.05 bits per heavy atom. The Hall–Kier alpha value is -3.78. The molecule has 3 heterocycles. The first-order valence-electron chi connectivity index (χ1n) is 14.1. The minimum atomic E-state index is -0.325. The summed E-state index contributed by atoms with van der Waals surface area (Å²) >= 11 is 0. The summed E-state index contributed by atoms with van der Waals surface area (Å²) in [5, 5.41) is 3.15. The second-order valence-corrected chi connectivity index (χ2v) is 11.3. The molecule has 1 aliphatic rings. The molecule has 7 nitrogen and oxygen atoms in total. The van der Waals surface area contributed by atoms with Crippen LogP contribution in [0, 0.1) is 11.7 Å². The van der Waals surface area contributed by atoms with Crippen molar-refractivity contribution in [1.29, 1.82) is 0 Å². The van der Waals surface area contributed by atoms with Gasteiger partial charge in [0.2, 0.25) is 5.95 Å². The van der Waals surface area contributed by atoms with E-state index in [1.165, 1.54) is 6.07 Å². The second-order valence-electron chi connectivity index (χ2n) is 11.3. The summed E-state index contributed by atoms with van der Waals surface area (Å²) in [6.45, 7) is 10.5. The Morgan fingerprint density at radius 2 is 1.80 bits per heavy atom. The molecular weight excluding hydrogens is 505 g/mol. The molecule has 4 aromatic rings. The van der Waals surface area contributed by atoms with Crippen molar-refractivity contribution in [2.45, 2.75) is 58.9 Å². The molecule has 1 saturated heterocycles. The van der Waals surface area contributed by atoms with Crippen molar-refractivity contribution in [1.82, 2.24) is 19.4 Å². The van der Waals surface area contributed by atoms with Crippen LogP contribution in [0.5, 0.6) is 11.5 Å². The molecule has 1 aliphatic heterocycles. The van der Waals surface area contributed by atoms with E-state index in [4.69, 9.17) is 9.72 Å². The topological polar surface area (TPSA) is 72.3 Å². The summed E-state index contributed by atoms with van der Waals surface area (Å²) in [5.74, 6) is 2.08. The third-order valence-electron chi connectivity index (χ3n) is 7.85. The molecule has 40 heavy (non-hydrogen) atoms. The van der Waals surface area contributed by atoms with E-state index in [1.54, 1.807) is 18.3 Å². The quantitative estimate of drug-likeness (QED) is 0.245. The minimum absolute atomic E-state index is 0.0945. The van der Waals surface area contributed by atoms with Gasteiger partial charge in [0.1, 0.15) is 23.1 Å². The molecule has 0 unspecified atom stereocenters. The highest BCUT2D eigenvalue weighted by Gasteiger charge is 2.26. The number of Topliss-reactive ketones (excluding diaryl/α,β-unsaturated/α-hetero) is 1. The molecule has 0 bridgehead atoms. The van der Waals surface area contributed by atoms with E-state index in [1.807, 2.05) is 41.9 Å². The molecular formula is C32H38FN5O2. The highest BCUT2D eigenvalue weighted by molar-refractivity contribution is 5.83. The van der Waals surface area contributed by atoms with Crippen LogP contribution in [-0.2, 0) is 18.3 Å². The SMILES string of the molecule is CC(C)c1ccc(F)c(Nc2nc3cc(Oc4ccnc(CC(=O)C5CCN(C(C)C)CC5)c4)ccc3n2C)c1. The number of piperidine rings is 1. The second kappa shape index (κ2) is 11.8. The predicted octanol–water partition coefficient (Wildman–Crippen LogP) is 7.00. The zero-order valence-electron chi connectivity index (χ0n) is 23.9. The Morgan fingerprint density at radius 3 is 2.52 bits per heavy atom. The van der Waals surface area contributed by atoms with Crippen molar-refractivity contribution in [3.63, 3.8) is 0 Å². The van der Waals surface area contributed by atoms with Gasteiger partial charge in [-0.05, 0) is 81.6 Å². The fraction of sp³-hybridized carbons (Fsp3) is 0.406. The molecule has 8 heteroatoms. The van der Waals surface area contributed by atoms with Gasteiger partial charge in [-0.15, -0.1) is 0 Å². The van der Waals surface area contributed by atoms with Gasteiger partial charge in [-0.25, -0.2) is 9.37 Å². The van der Waals surface area contributed by atoms with Crippen molar-refractivity contribution < 1.29 is 13.9 Å². The number of likely N-dealkylation sites (tertiary alicyclic amines) is 1. The smallest absolute Gasteiger partial charge is 0.208 e. The zero-order chi connectivity index (χ0) is 28.4. The third-order valence-corrected chi connectivity index (χ3v) is 7.85. The normalized spacial score (nSPS) is 14.8. The first-order valence-corrected chi connectivity index (χ1v) is 14.1. The van der Waals surface area contributed by atoms with Gasteiger partial charge >= 0.3 is 0 Å². The summed E-state index contributed by atoms with van der Waals surface area (Å²) in [6.07, 6.45) is 3.81. The Balaban J connectivity index is 1.27. The van der Waals surface area contributed by atoms with Crippen LogP contribution in [0.15, 0.2) is 54.7 Å². The summed E-state index contributed by atoms with van der Waals surface area (Å²) < 4.78 is 22.6. The number of pyridine rings is 1. The molecule has 5 rings (SSSR count). The highest BCUT2D eigenvalue weighted by atomic mass is 19.1. The summed E-state index contributed by atoms with van der Waals surface area (Å²) in [7, 11) is 1.89. The molecule has 0 radical (unpaired) electrons. The fourth-order valence-electron chi connectivity index (χ4n) is 5.29. The summed E-state index contributed by atoms with van der Waals surface area (Å²) in [4.78, 5) is 24.5. The van der Waals surface area contributed by atoms with E-state index in [0.29, 0.717) is 41.3 Å². The third kappa shape index (κ3) is 6.17. The Bertz CT molecular complexity index is 1500. The number of anilines is 2. The van der Waals surface area contributed by atoms with E-state index in [2.05, 4.69) is 42.9 Å². The number of carbonyl (C=O) groups excluding carboxylic acids is 1. The molecule has 1 N–H and O–H groups in total. The fourth-order valence-corrected chi connectivity index (χ4v) is 5.29. The van der Waals surface area contributed by atoms with Crippen LogP contribution >= 0.6 is 0 Å². The number of aromatic nitrogens is 3. The first-order chi connectivity index (χ1) is 19.2. The lowest BCUT2D eigenvalue weighted by Gasteiger charge is -2.33. The number of ether oxygens (including phenoxy) is 1. The largest absolute Gasteiger partial charge is 0.457 e. The average molecular weight is 544 g/mol. The van der Waals surface area contributed by atoms with Gasteiger partial charge < -0.3 is 19.5 Å². The van der Waals surface area contributed by atoms with Crippen molar-refractivity contribution in [3.05, 3.63) is 71.8 Å². The number of halogens is 1. The molecule has 0 atom stereocenters. The number of ketones is 1. The van der Waals surface area contributed by atoms with Gasteiger partial charge in [-0.1, -0.05) is 19.9 Å². The van der Waals surface area contributed by atoms with Gasteiger partial charge in [0, 0.05) is 43.8 Å². The van der Waals surface area contributed by atoms with Gasteiger partial charge in [-0.2, -0.15) is 0 Å². The predicted molar refractivity (Wildman–Crippen MR) is 157 cm³/mol. The maximum absolute atomic E-state index is 14.5. The van der Waals surface area contributed by atoms with Crippen molar-refractivity contribution in [3.8, 4) is 11.5 Å². The number of rotatable bonds is 9. The van der Waals surface area contributed by atoms with E-state index < -0.39 is 0 Å². The number of carbonyl (C=O) groups is 1. The molecule has 2 aromatic carbocycles. The Labute approximate surface area is 235 Å². The lowest BCUT2D eigenvalue weighted by Crippen LogP contribution is -2.40. The van der Waals surface area contributed by atoms with Crippen LogP contribution in [-0.4, -0.2) is 44.3 Å². The zero-order valence-corrected chi connectivity index (χ0v) is 23.9. The lowest BCUT2D eigenvalue weighted by atomic mass is 9.90. The van der Waals surface area contributed by atoms with E-state index in [-0.39, 0.29) is 23.4 Å². The first kappa shape index (κ1) is 27.8. The van der Waals surface area contributed by atoms with Gasteiger partial charge in [0.05, 0.1) is 22.4 Å². The number of hydrogen-bond acceptors (Lipinski definition) is 6. The minimum Gasteiger partial charge on any atom is -0.457 e. The molecule has 0 amide bonds. The van der Waals surface area contributed by atoms with Crippen LogP contribution < -0.4 is 10.1 Å². The molecule has 2 aromatic heterocycles. The molecule has 0 aliphatic carbocycles. The molecule has 0 spiro atoms.